The first-order valence-electron chi connectivity index (χ1n) is 8.18. The molecule has 6 nitrogen and oxygen atoms in total. The van der Waals surface area contributed by atoms with Gasteiger partial charge >= 0.3 is 0 Å². The highest BCUT2D eigenvalue weighted by Crippen LogP contribution is 2.18. The summed E-state index contributed by atoms with van der Waals surface area (Å²) in [5.41, 5.74) is 1.33. The number of likely N-dealkylation sites (N-methyl/N-ethyl adjacent to an activating group) is 1. The number of aryl methyl sites for hydroxylation is 1. The number of nitrogens with zero attached hydrogens (tertiary/aromatic N) is 3. The van der Waals surface area contributed by atoms with Crippen LogP contribution in [0.15, 0.2) is 23.0 Å². The SMILES string of the molecule is CCN(CC)CC(=O)Nc1ccc2nc3n(c(=O)c2c1)CCC3. The molecule has 0 atom stereocenters. The van der Waals surface area contributed by atoms with E-state index >= 15 is 0 Å². The van der Waals surface area contributed by atoms with Gasteiger partial charge in [-0.3, -0.25) is 19.1 Å². The zero-order chi connectivity index (χ0) is 16.4. The number of benzene rings is 1. The number of hydrogen-bond acceptors (Lipinski definition) is 4. The van der Waals surface area contributed by atoms with E-state index in [1.165, 1.54) is 0 Å². The molecule has 1 N–H and O–H groups in total. The van der Waals surface area contributed by atoms with Gasteiger partial charge in [-0.15, -0.1) is 0 Å². The van der Waals surface area contributed by atoms with Crippen LogP contribution in [-0.4, -0.2) is 40.0 Å². The Balaban J connectivity index is 1.86. The third-order valence-corrected chi connectivity index (χ3v) is 4.36. The minimum atomic E-state index is -0.0673. The summed E-state index contributed by atoms with van der Waals surface area (Å²) in [5, 5.41) is 3.44. The van der Waals surface area contributed by atoms with Gasteiger partial charge in [0.2, 0.25) is 5.91 Å². The van der Waals surface area contributed by atoms with E-state index in [0.717, 1.165) is 38.3 Å². The molecule has 122 valence electrons. The van der Waals surface area contributed by atoms with Crippen molar-refractivity contribution >= 4 is 22.5 Å². The first-order chi connectivity index (χ1) is 11.1. The first kappa shape index (κ1) is 15.7. The molecule has 2 heterocycles. The highest BCUT2D eigenvalue weighted by Gasteiger charge is 2.16. The second-order valence-corrected chi connectivity index (χ2v) is 5.83. The van der Waals surface area contributed by atoms with Gasteiger partial charge in [0.15, 0.2) is 0 Å². The van der Waals surface area contributed by atoms with Crippen molar-refractivity contribution in [2.45, 2.75) is 33.2 Å². The number of carbonyl (C=O) groups excluding carboxylic acids is 1. The second-order valence-electron chi connectivity index (χ2n) is 5.83. The fourth-order valence-electron chi connectivity index (χ4n) is 3.01. The molecule has 0 aliphatic carbocycles. The summed E-state index contributed by atoms with van der Waals surface area (Å²) in [6.45, 7) is 6.81. The Labute approximate surface area is 135 Å². The lowest BCUT2D eigenvalue weighted by Gasteiger charge is -2.17. The molecule has 23 heavy (non-hydrogen) atoms. The maximum atomic E-state index is 12.5. The van der Waals surface area contributed by atoms with Gasteiger partial charge in [0.05, 0.1) is 17.4 Å². The Bertz CT molecular complexity index is 793. The quantitative estimate of drug-likeness (QED) is 0.911. The van der Waals surface area contributed by atoms with Crippen molar-refractivity contribution in [1.82, 2.24) is 14.5 Å². The molecule has 0 saturated carbocycles. The number of fused-ring (bicyclic) bond motifs is 2. The van der Waals surface area contributed by atoms with E-state index in [1.807, 2.05) is 24.8 Å². The molecule has 0 spiro atoms. The lowest BCUT2D eigenvalue weighted by molar-refractivity contribution is -0.117. The van der Waals surface area contributed by atoms with Gasteiger partial charge in [0, 0.05) is 18.7 Å². The van der Waals surface area contributed by atoms with Crippen LogP contribution in [0, 0.1) is 0 Å². The minimum Gasteiger partial charge on any atom is -0.325 e. The monoisotopic (exact) mass is 314 g/mol. The van der Waals surface area contributed by atoms with Gasteiger partial charge in [0.25, 0.3) is 5.56 Å². The summed E-state index contributed by atoms with van der Waals surface area (Å²) in [5.74, 6) is 0.795. The number of aromatic nitrogens is 2. The van der Waals surface area contributed by atoms with Crippen molar-refractivity contribution in [3.05, 3.63) is 34.4 Å². The van der Waals surface area contributed by atoms with E-state index in [-0.39, 0.29) is 11.5 Å². The van der Waals surface area contributed by atoms with Crippen LogP contribution in [-0.2, 0) is 17.8 Å². The van der Waals surface area contributed by atoms with Crippen LogP contribution in [0.1, 0.15) is 26.1 Å². The lowest BCUT2D eigenvalue weighted by Crippen LogP contribution is -2.32. The number of hydrogen-bond donors (Lipinski definition) is 1. The third-order valence-electron chi connectivity index (χ3n) is 4.36. The van der Waals surface area contributed by atoms with Crippen LogP contribution in [0.2, 0.25) is 0 Å². The zero-order valence-corrected chi connectivity index (χ0v) is 13.6. The third kappa shape index (κ3) is 3.12. The predicted octanol–water partition coefficient (Wildman–Crippen LogP) is 1.62. The number of carbonyl (C=O) groups is 1. The largest absolute Gasteiger partial charge is 0.325 e. The van der Waals surface area contributed by atoms with E-state index < -0.39 is 0 Å². The Morgan fingerprint density at radius 3 is 2.87 bits per heavy atom. The summed E-state index contributed by atoms with van der Waals surface area (Å²) in [6.07, 6.45) is 1.82. The van der Waals surface area contributed by atoms with Crippen molar-refractivity contribution < 1.29 is 4.79 Å². The summed E-state index contributed by atoms with van der Waals surface area (Å²) >= 11 is 0. The standard InChI is InChI=1S/C17H22N4O2/c1-3-20(4-2)11-16(22)18-12-7-8-14-13(10-12)17(23)21-9-5-6-15(21)19-14/h7-8,10H,3-6,9,11H2,1-2H3,(H,18,22). The van der Waals surface area contributed by atoms with E-state index in [9.17, 15) is 9.59 Å². The Morgan fingerprint density at radius 2 is 2.13 bits per heavy atom. The molecule has 1 amide bonds. The normalized spacial score (nSPS) is 13.5. The van der Waals surface area contributed by atoms with Gasteiger partial charge in [-0.2, -0.15) is 0 Å². The van der Waals surface area contributed by atoms with Gasteiger partial charge in [-0.05, 0) is 37.7 Å². The maximum absolute atomic E-state index is 12.5. The molecular formula is C17H22N4O2. The molecule has 0 fully saturated rings. The van der Waals surface area contributed by atoms with Gasteiger partial charge in [-0.1, -0.05) is 13.8 Å². The average molecular weight is 314 g/mol. The summed E-state index contributed by atoms with van der Waals surface area (Å²) in [4.78, 5) is 31.2. The summed E-state index contributed by atoms with van der Waals surface area (Å²) < 4.78 is 1.74. The zero-order valence-electron chi connectivity index (χ0n) is 13.6. The van der Waals surface area contributed by atoms with Crippen molar-refractivity contribution in [2.75, 3.05) is 25.0 Å². The van der Waals surface area contributed by atoms with E-state index in [1.54, 1.807) is 16.7 Å². The highest BCUT2D eigenvalue weighted by atomic mass is 16.2. The van der Waals surface area contributed by atoms with Gasteiger partial charge < -0.3 is 5.32 Å². The smallest absolute Gasteiger partial charge is 0.261 e. The molecule has 1 aromatic carbocycles. The lowest BCUT2D eigenvalue weighted by atomic mass is 10.2. The van der Waals surface area contributed by atoms with Crippen molar-refractivity contribution in [2.24, 2.45) is 0 Å². The minimum absolute atomic E-state index is 0.0117. The van der Waals surface area contributed by atoms with Crippen molar-refractivity contribution in [3.8, 4) is 0 Å². The van der Waals surface area contributed by atoms with Crippen LogP contribution in [0.3, 0.4) is 0 Å². The van der Waals surface area contributed by atoms with Gasteiger partial charge in [-0.25, -0.2) is 4.98 Å². The van der Waals surface area contributed by atoms with E-state index in [2.05, 4.69) is 10.3 Å². The Kier molecular flexibility index (Phi) is 4.43. The summed E-state index contributed by atoms with van der Waals surface area (Å²) in [6, 6.07) is 5.35. The van der Waals surface area contributed by atoms with E-state index in [4.69, 9.17) is 0 Å². The molecule has 1 aliphatic rings. The van der Waals surface area contributed by atoms with Gasteiger partial charge in [0.1, 0.15) is 5.82 Å². The fourth-order valence-corrected chi connectivity index (χ4v) is 3.01. The number of rotatable bonds is 5. The molecule has 6 heteroatoms. The molecule has 0 bridgehead atoms. The topological polar surface area (TPSA) is 67.2 Å². The van der Waals surface area contributed by atoms with Crippen LogP contribution in [0.4, 0.5) is 5.69 Å². The molecule has 1 aliphatic heterocycles. The van der Waals surface area contributed by atoms with Crippen molar-refractivity contribution in [3.63, 3.8) is 0 Å². The van der Waals surface area contributed by atoms with Crippen LogP contribution < -0.4 is 10.9 Å². The molecule has 0 unspecified atom stereocenters. The fraction of sp³-hybridized carbons (Fsp3) is 0.471. The van der Waals surface area contributed by atoms with Crippen LogP contribution >= 0.6 is 0 Å². The Morgan fingerprint density at radius 1 is 1.35 bits per heavy atom. The molecule has 0 radical (unpaired) electrons. The number of amides is 1. The molecular weight excluding hydrogens is 292 g/mol. The van der Waals surface area contributed by atoms with E-state index in [0.29, 0.717) is 23.1 Å². The molecule has 3 rings (SSSR count). The average Bonchev–Trinajstić information content (AvgIpc) is 3.02. The Hall–Kier alpha value is -2.21. The summed E-state index contributed by atoms with van der Waals surface area (Å²) in [7, 11) is 0. The van der Waals surface area contributed by atoms with Crippen LogP contribution in [0.25, 0.3) is 10.9 Å². The van der Waals surface area contributed by atoms with Crippen molar-refractivity contribution in [1.29, 1.82) is 0 Å². The maximum Gasteiger partial charge on any atom is 0.261 e. The highest BCUT2D eigenvalue weighted by molar-refractivity contribution is 5.94. The van der Waals surface area contributed by atoms with Crippen LogP contribution in [0.5, 0.6) is 0 Å². The number of anilines is 1. The second kappa shape index (κ2) is 6.50. The predicted molar refractivity (Wildman–Crippen MR) is 90.7 cm³/mol. The number of nitrogens with one attached hydrogen (secondary N) is 1. The molecule has 0 saturated heterocycles. The molecule has 1 aromatic heterocycles. The molecule has 2 aromatic rings. The first-order valence-corrected chi connectivity index (χ1v) is 8.18.